The van der Waals surface area contributed by atoms with Crippen LogP contribution in [-0.4, -0.2) is 33.4 Å². The Kier molecular flexibility index (Phi) is 8.54. The van der Waals surface area contributed by atoms with E-state index in [1.807, 2.05) is 30.5 Å². The number of aromatic nitrogens is 3. The van der Waals surface area contributed by atoms with E-state index in [9.17, 15) is 23.2 Å². The molecular weight excluding hydrogens is 536 g/mol. The summed E-state index contributed by atoms with van der Waals surface area (Å²) in [6, 6.07) is 13.1. The van der Waals surface area contributed by atoms with Gasteiger partial charge >= 0.3 is 0 Å². The first-order chi connectivity index (χ1) is 18.8. The number of carbonyl (C=O) groups is 2. The van der Waals surface area contributed by atoms with Gasteiger partial charge in [-0.2, -0.15) is 0 Å². The Morgan fingerprint density at radius 1 is 1.10 bits per heavy atom. The van der Waals surface area contributed by atoms with Crippen molar-refractivity contribution in [3.63, 3.8) is 0 Å². The molecule has 3 N–H and O–H groups in total. The summed E-state index contributed by atoms with van der Waals surface area (Å²) >= 11 is 1.42. The third-order valence-corrected chi connectivity index (χ3v) is 7.49. The zero-order chi connectivity index (χ0) is 27.5. The number of amides is 2. The molecule has 0 saturated carbocycles. The molecule has 8 nitrogen and oxygen atoms in total. The number of pyridine rings is 2. The van der Waals surface area contributed by atoms with E-state index in [-0.39, 0.29) is 31.9 Å². The van der Waals surface area contributed by atoms with Crippen LogP contribution in [0, 0.1) is 11.6 Å². The van der Waals surface area contributed by atoms with E-state index in [4.69, 9.17) is 0 Å². The van der Waals surface area contributed by atoms with E-state index in [1.165, 1.54) is 47.3 Å². The zero-order valence-corrected chi connectivity index (χ0v) is 21.5. The van der Waals surface area contributed by atoms with E-state index in [0.29, 0.717) is 5.56 Å². The van der Waals surface area contributed by atoms with Crippen molar-refractivity contribution in [3.05, 3.63) is 111 Å². The van der Waals surface area contributed by atoms with Gasteiger partial charge in [0.15, 0.2) is 11.6 Å². The fourth-order valence-electron chi connectivity index (χ4n) is 4.26. The van der Waals surface area contributed by atoms with Gasteiger partial charge in [-0.1, -0.05) is 13.5 Å². The molecule has 2 amide bonds. The number of rotatable bonds is 8. The van der Waals surface area contributed by atoms with Crippen LogP contribution in [0.3, 0.4) is 0 Å². The maximum absolute atomic E-state index is 13.6. The summed E-state index contributed by atoms with van der Waals surface area (Å²) in [4.78, 5) is 47.8. The lowest BCUT2D eigenvalue weighted by Crippen LogP contribution is -2.36. The highest BCUT2D eigenvalue weighted by Gasteiger charge is 2.23. The third-order valence-electron chi connectivity index (χ3n) is 6.26. The minimum Gasteiger partial charge on any atom is -0.359 e. The molecule has 0 spiro atoms. The van der Waals surface area contributed by atoms with E-state index in [2.05, 4.69) is 20.6 Å². The van der Waals surface area contributed by atoms with Gasteiger partial charge in [-0.15, -0.1) is 11.3 Å². The molecule has 0 fully saturated rings. The van der Waals surface area contributed by atoms with Crippen LogP contribution in [0.15, 0.2) is 78.0 Å². The molecule has 5 rings (SSSR count). The molecule has 5 aromatic rings. The van der Waals surface area contributed by atoms with Gasteiger partial charge in [0.05, 0.1) is 19.0 Å². The first kappa shape index (κ1) is 28.4. The molecule has 0 aliphatic rings. The second kappa shape index (κ2) is 12.0. The van der Waals surface area contributed by atoms with E-state index >= 15 is 0 Å². The Hall–Kier alpha value is -4.64. The highest BCUT2D eigenvalue weighted by atomic mass is 32.1. The van der Waals surface area contributed by atoms with Crippen LogP contribution in [0.5, 0.6) is 0 Å². The third kappa shape index (κ3) is 5.84. The molecule has 40 heavy (non-hydrogen) atoms. The summed E-state index contributed by atoms with van der Waals surface area (Å²) in [5, 5.41) is 6.35. The molecule has 4 heterocycles. The van der Waals surface area contributed by atoms with Crippen molar-refractivity contribution < 1.29 is 18.4 Å². The molecule has 0 aliphatic heterocycles. The number of fused-ring (bicyclic) bond motifs is 1. The fourth-order valence-corrected chi connectivity index (χ4v) is 5.35. The molecule has 0 saturated heterocycles. The molecule has 0 unspecified atom stereocenters. The molecule has 0 bridgehead atoms. The van der Waals surface area contributed by atoms with Crippen molar-refractivity contribution in [3.8, 4) is 10.4 Å². The lowest BCUT2D eigenvalue weighted by molar-refractivity contribution is -0.121. The standard InChI is InChI=1S/C28H23F2N5O3S.CH4/c1-31-25(36)13-22(24-9-8-23(39-24)19-14-33-26-17(19)4-2-10-32-26)34-27(37)18-5-3-11-35(28(18)38)15-16-6-7-20(29)21(30)12-16;/h2-12,14,22H,13,15H2,1H3,(H,31,36)(H,32,33)(H,34,37);1H4/t22-;/m1./s1. The van der Waals surface area contributed by atoms with Crippen LogP contribution >= 0.6 is 11.3 Å². The average Bonchev–Trinajstić information content (AvgIpc) is 3.59. The van der Waals surface area contributed by atoms with Gasteiger partial charge in [-0.05, 0) is 54.1 Å². The predicted molar refractivity (Wildman–Crippen MR) is 151 cm³/mol. The monoisotopic (exact) mass is 563 g/mol. The van der Waals surface area contributed by atoms with Gasteiger partial charge in [0.25, 0.3) is 11.5 Å². The Morgan fingerprint density at radius 3 is 2.70 bits per heavy atom. The van der Waals surface area contributed by atoms with E-state index < -0.39 is 29.1 Å². The Balaban J connectivity index is 0.00000370. The number of aromatic amines is 1. The first-order valence-corrected chi connectivity index (χ1v) is 12.8. The van der Waals surface area contributed by atoms with Gasteiger partial charge in [-0.25, -0.2) is 13.8 Å². The summed E-state index contributed by atoms with van der Waals surface area (Å²) in [7, 11) is 1.51. The average molecular weight is 564 g/mol. The second-order valence-electron chi connectivity index (χ2n) is 8.81. The highest BCUT2D eigenvalue weighted by molar-refractivity contribution is 7.15. The van der Waals surface area contributed by atoms with Crippen molar-refractivity contribution in [1.29, 1.82) is 0 Å². The van der Waals surface area contributed by atoms with E-state index in [1.54, 1.807) is 6.20 Å². The topological polar surface area (TPSA) is 109 Å². The van der Waals surface area contributed by atoms with Crippen LogP contribution in [0.25, 0.3) is 21.5 Å². The number of nitrogens with zero attached hydrogens (tertiary/aromatic N) is 2. The van der Waals surface area contributed by atoms with Crippen LogP contribution in [0.1, 0.15) is 40.7 Å². The lowest BCUT2D eigenvalue weighted by atomic mass is 10.1. The van der Waals surface area contributed by atoms with Crippen molar-refractivity contribution in [1.82, 2.24) is 25.2 Å². The van der Waals surface area contributed by atoms with Crippen LogP contribution in [-0.2, 0) is 11.3 Å². The maximum Gasteiger partial charge on any atom is 0.263 e. The molecule has 1 atom stereocenters. The summed E-state index contributed by atoms with van der Waals surface area (Å²) in [6.45, 7) is -0.0490. The predicted octanol–water partition coefficient (Wildman–Crippen LogP) is 5.02. The van der Waals surface area contributed by atoms with Gasteiger partial charge in [0, 0.05) is 46.3 Å². The second-order valence-corrected chi connectivity index (χ2v) is 9.93. The number of benzene rings is 1. The van der Waals surface area contributed by atoms with Gasteiger partial charge in [0.1, 0.15) is 11.2 Å². The normalized spacial score (nSPS) is 11.6. The first-order valence-electron chi connectivity index (χ1n) is 12.0. The van der Waals surface area contributed by atoms with Crippen molar-refractivity contribution in [2.45, 2.75) is 26.4 Å². The van der Waals surface area contributed by atoms with Crippen LogP contribution < -0.4 is 16.2 Å². The SMILES string of the molecule is C.CNC(=O)C[C@@H](NC(=O)c1cccn(Cc2ccc(F)c(F)c2)c1=O)c1ccc(-c2c[nH]c3ncccc23)s1. The quantitative estimate of drug-likeness (QED) is 0.246. The smallest absolute Gasteiger partial charge is 0.263 e. The van der Waals surface area contributed by atoms with E-state index in [0.717, 1.165) is 38.5 Å². The minimum atomic E-state index is -1.02. The molecule has 1 aromatic carbocycles. The summed E-state index contributed by atoms with van der Waals surface area (Å²) < 4.78 is 28.2. The Morgan fingerprint density at radius 2 is 1.93 bits per heavy atom. The van der Waals surface area contributed by atoms with Crippen molar-refractivity contribution in [2.24, 2.45) is 0 Å². The summed E-state index contributed by atoms with van der Waals surface area (Å²) in [5.41, 5.74) is 1.33. The highest BCUT2D eigenvalue weighted by Crippen LogP contribution is 2.36. The molecule has 4 aromatic heterocycles. The summed E-state index contributed by atoms with van der Waals surface area (Å²) in [6.07, 6.45) is 4.99. The number of thiophene rings is 1. The number of halogens is 2. The number of hydrogen-bond acceptors (Lipinski definition) is 5. The number of H-pyrrole nitrogens is 1. The number of hydrogen-bond donors (Lipinski definition) is 3. The lowest BCUT2D eigenvalue weighted by Gasteiger charge is -2.17. The number of carbonyl (C=O) groups excluding carboxylic acids is 2. The number of nitrogens with one attached hydrogen (secondary N) is 3. The summed E-state index contributed by atoms with van der Waals surface area (Å²) in [5.74, 6) is -2.94. The maximum atomic E-state index is 13.6. The zero-order valence-electron chi connectivity index (χ0n) is 20.7. The Bertz CT molecular complexity index is 1740. The molecule has 0 radical (unpaired) electrons. The van der Waals surface area contributed by atoms with Crippen molar-refractivity contribution in [2.75, 3.05) is 7.05 Å². The van der Waals surface area contributed by atoms with Gasteiger partial charge in [-0.3, -0.25) is 14.4 Å². The van der Waals surface area contributed by atoms with Gasteiger partial charge in [0.2, 0.25) is 5.91 Å². The molecule has 206 valence electrons. The van der Waals surface area contributed by atoms with Crippen LogP contribution in [0.4, 0.5) is 8.78 Å². The van der Waals surface area contributed by atoms with Gasteiger partial charge < -0.3 is 20.2 Å². The molecule has 11 heteroatoms. The van der Waals surface area contributed by atoms with Crippen molar-refractivity contribution >= 4 is 34.2 Å². The Labute approximate surface area is 232 Å². The van der Waals surface area contributed by atoms with Crippen LogP contribution in [0.2, 0.25) is 0 Å². The minimum absolute atomic E-state index is 0. The molecule has 0 aliphatic carbocycles. The fraction of sp³-hybridized carbons (Fsp3) is 0.172. The largest absolute Gasteiger partial charge is 0.359 e. The molecular formula is C29H27F2N5O3S.